The third kappa shape index (κ3) is 2.50. The van der Waals surface area contributed by atoms with Crippen molar-refractivity contribution in [3.8, 4) is 17.0 Å². The summed E-state index contributed by atoms with van der Waals surface area (Å²) in [4.78, 5) is 9.17. The van der Waals surface area contributed by atoms with Crippen LogP contribution in [0, 0.1) is 0 Å². The minimum Gasteiger partial charge on any atom is -0.491 e. The molecule has 2 aromatic heterocycles. The van der Waals surface area contributed by atoms with Gasteiger partial charge in [-0.1, -0.05) is 12.1 Å². The summed E-state index contributed by atoms with van der Waals surface area (Å²) in [5, 5.41) is 0. The van der Waals surface area contributed by atoms with E-state index >= 15 is 0 Å². The van der Waals surface area contributed by atoms with E-state index in [1.165, 1.54) is 0 Å². The van der Waals surface area contributed by atoms with Crippen molar-refractivity contribution in [3.63, 3.8) is 0 Å². The first-order valence-electron chi connectivity index (χ1n) is 7.38. The molecule has 23 heavy (non-hydrogen) atoms. The number of ether oxygens (including phenoxy) is 1. The highest BCUT2D eigenvalue weighted by Gasteiger charge is 2.07. The molecule has 0 saturated carbocycles. The van der Waals surface area contributed by atoms with Crippen LogP contribution in [0.3, 0.4) is 0 Å². The van der Waals surface area contributed by atoms with Gasteiger partial charge in [0.2, 0.25) is 5.78 Å². The number of hydrogen-bond acceptors (Lipinski definition) is 3. The van der Waals surface area contributed by atoms with Crippen molar-refractivity contribution in [2.24, 2.45) is 0 Å². The second-order valence-corrected chi connectivity index (χ2v) is 5.15. The number of benzene rings is 2. The van der Waals surface area contributed by atoms with Crippen LogP contribution in [-0.2, 0) is 0 Å². The number of imidazole rings is 1. The Hall–Kier alpha value is -2.95. The van der Waals surface area contributed by atoms with Gasteiger partial charge in [-0.2, -0.15) is 0 Å². The van der Waals surface area contributed by atoms with Crippen molar-refractivity contribution in [3.05, 3.63) is 60.8 Å². The van der Waals surface area contributed by atoms with Crippen molar-refractivity contribution in [1.82, 2.24) is 14.4 Å². The number of para-hydroxylation sites is 2. The Kier molecular flexibility index (Phi) is 3.38. The molecular weight excluding hydrogens is 293 g/mol. The van der Waals surface area contributed by atoms with E-state index in [1.807, 2.05) is 65.2 Å². The Morgan fingerprint density at radius 2 is 1.78 bits per heavy atom. The molecule has 0 unspecified atom stereocenters. The molecule has 0 fully saturated rings. The summed E-state index contributed by atoms with van der Waals surface area (Å²) < 4.78 is 19.3. The van der Waals surface area contributed by atoms with Crippen LogP contribution in [0.1, 0.15) is 0 Å². The fourth-order valence-corrected chi connectivity index (χ4v) is 2.59. The number of rotatable bonds is 4. The average molecular weight is 307 g/mol. The molecule has 4 aromatic rings. The van der Waals surface area contributed by atoms with E-state index in [1.54, 1.807) is 0 Å². The third-order valence-corrected chi connectivity index (χ3v) is 3.68. The normalized spacial score (nSPS) is 11.2. The number of nitrogens with zero attached hydrogens (tertiary/aromatic N) is 3. The molecule has 0 amide bonds. The van der Waals surface area contributed by atoms with Crippen LogP contribution in [0.4, 0.5) is 4.39 Å². The predicted octanol–water partition coefficient (Wildman–Crippen LogP) is 3.90. The Morgan fingerprint density at radius 3 is 2.61 bits per heavy atom. The molecule has 0 aliphatic heterocycles. The lowest BCUT2D eigenvalue weighted by Gasteiger charge is -2.05. The van der Waals surface area contributed by atoms with Crippen LogP contribution in [0.5, 0.6) is 5.75 Å². The first-order chi connectivity index (χ1) is 11.3. The van der Waals surface area contributed by atoms with Gasteiger partial charge in [0, 0.05) is 11.8 Å². The first-order valence-corrected chi connectivity index (χ1v) is 7.38. The van der Waals surface area contributed by atoms with Gasteiger partial charge in [0.05, 0.1) is 16.7 Å². The summed E-state index contributed by atoms with van der Waals surface area (Å²) in [5.41, 5.74) is 3.76. The lowest BCUT2D eigenvalue weighted by Crippen LogP contribution is -1.98. The predicted molar refractivity (Wildman–Crippen MR) is 87.4 cm³/mol. The molecule has 0 saturated heterocycles. The highest BCUT2D eigenvalue weighted by Crippen LogP contribution is 2.23. The van der Waals surface area contributed by atoms with Gasteiger partial charge in [-0.05, 0) is 42.5 Å². The quantitative estimate of drug-likeness (QED) is 0.574. The zero-order valence-corrected chi connectivity index (χ0v) is 12.3. The molecule has 0 aliphatic rings. The summed E-state index contributed by atoms with van der Waals surface area (Å²) >= 11 is 0. The average Bonchev–Trinajstić information content (AvgIpc) is 2.98. The van der Waals surface area contributed by atoms with Crippen LogP contribution >= 0.6 is 0 Å². The van der Waals surface area contributed by atoms with Gasteiger partial charge in [0.15, 0.2) is 0 Å². The van der Waals surface area contributed by atoms with Gasteiger partial charge in [-0.3, -0.25) is 4.40 Å². The first kappa shape index (κ1) is 13.7. The standard InChI is InChI=1S/C18H14FN3O/c19-10-12-23-14-7-5-13(6-8-14)15-9-11-22-17-4-2-1-3-16(17)21-18(22)20-15/h1-9,11H,10,12H2. The maximum absolute atomic E-state index is 12.1. The summed E-state index contributed by atoms with van der Waals surface area (Å²) in [7, 11) is 0. The molecular formula is C18H14FN3O. The maximum Gasteiger partial charge on any atom is 0.235 e. The van der Waals surface area contributed by atoms with E-state index in [-0.39, 0.29) is 6.61 Å². The largest absolute Gasteiger partial charge is 0.491 e. The van der Waals surface area contributed by atoms with E-state index < -0.39 is 6.67 Å². The van der Waals surface area contributed by atoms with Gasteiger partial charge >= 0.3 is 0 Å². The smallest absolute Gasteiger partial charge is 0.235 e. The molecule has 0 spiro atoms. The summed E-state index contributed by atoms with van der Waals surface area (Å²) in [6.45, 7) is -0.419. The van der Waals surface area contributed by atoms with Gasteiger partial charge in [0.25, 0.3) is 0 Å². The molecule has 0 radical (unpaired) electrons. The van der Waals surface area contributed by atoms with Gasteiger partial charge in [-0.15, -0.1) is 0 Å². The highest BCUT2D eigenvalue weighted by atomic mass is 19.1. The molecule has 0 atom stereocenters. The fourth-order valence-electron chi connectivity index (χ4n) is 2.59. The SMILES string of the molecule is FCCOc1ccc(-c2ccn3c(n2)nc2ccccc23)cc1. The summed E-state index contributed by atoms with van der Waals surface area (Å²) in [6, 6.07) is 17.4. The molecule has 4 rings (SSSR count). The number of fused-ring (bicyclic) bond motifs is 3. The Labute approximate surface area is 132 Å². The lowest BCUT2D eigenvalue weighted by molar-refractivity contribution is 0.273. The molecule has 5 heteroatoms. The summed E-state index contributed by atoms with van der Waals surface area (Å²) in [6.07, 6.45) is 1.97. The van der Waals surface area contributed by atoms with E-state index in [4.69, 9.17) is 4.74 Å². The van der Waals surface area contributed by atoms with E-state index in [2.05, 4.69) is 9.97 Å². The molecule has 0 N–H and O–H groups in total. The molecule has 2 aromatic carbocycles. The monoisotopic (exact) mass is 307 g/mol. The van der Waals surface area contributed by atoms with Gasteiger partial charge in [-0.25, -0.2) is 14.4 Å². The molecule has 4 nitrogen and oxygen atoms in total. The molecule has 0 bridgehead atoms. The zero-order chi connectivity index (χ0) is 15.6. The molecule has 2 heterocycles. The van der Waals surface area contributed by atoms with Crippen LogP contribution in [-0.4, -0.2) is 27.7 Å². The minimum atomic E-state index is -0.493. The Balaban J connectivity index is 1.72. The zero-order valence-electron chi connectivity index (χ0n) is 12.3. The summed E-state index contributed by atoms with van der Waals surface area (Å²) in [5.74, 6) is 1.32. The van der Waals surface area contributed by atoms with Crippen molar-refractivity contribution in [2.45, 2.75) is 0 Å². The second-order valence-electron chi connectivity index (χ2n) is 5.15. The number of alkyl halides is 1. The number of aromatic nitrogens is 3. The van der Waals surface area contributed by atoms with E-state index in [0.29, 0.717) is 11.5 Å². The van der Waals surface area contributed by atoms with E-state index in [9.17, 15) is 4.39 Å². The van der Waals surface area contributed by atoms with Crippen LogP contribution < -0.4 is 4.74 Å². The van der Waals surface area contributed by atoms with Crippen molar-refractivity contribution >= 4 is 16.8 Å². The Morgan fingerprint density at radius 1 is 0.957 bits per heavy atom. The van der Waals surface area contributed by atoms with Crippen molar-refractivity contribution in [1.29, 1.82) is 0 Å². The van der Waals surface area contributed by atoms with Crippen LogP contribution in [0.15, 0.2) is 60.8 Å². The Bertz CT molecular complexity index is 963. The van der Waals surface area contributed by atoms with Gasteiger partial charge < -0.3 is 4.74 Å². The third-order valence-electron chi connectivity index (χ3n) is 3.68. The fraction of sp³-hybridized carbons (Fsp3) is 0.111. The van der Waals surface area contributed by atoms with Crippen molar-refractivity contribution < 1.29 is 9.13 Å². The molecule has 0 aliphatic carbocycles. The minimum absolute atomic E-state index is 0.0736. The number of halogens is 1. The topological polar surface area (TPSA) is 39.4 Å². The van der Waals surface area contributed by atoms with Gasteiger partial charge in [0.1, 0.15) is 19.0 Å². The molecule has 114 valence electrons. The van der Waals surface area contributed by atoms with Crippen LogP contribution in [0.2, 0.25) is 0 Å². The van der Waals surface area contributed by atoms with Crippen LogP contribution in [0.25, 0.3) is 28.1 Å². The second kappa shape index (κ2) is 5.68. The lowest BCUT2D eigenvalue weighted by atomic mass is 10.1. The van der Waals surface area contributed by atoms with Crippen molar-refractivity contribution in [2.75, 3.05) is 13.3 Å². The van der Waals surface area contributed by atoms with E-state index in [0.717, 1.165) is 22.3 Å². The highest BCUT2D eigenvalue weighted by molar-refractivity contribution is 5.79. The number of hydrogen-bond donors (Lipinski definition) is 0. The maximum atomic E-state index is 12.1.